The summed E-state index contributed by atoms with van der Waals surface area (Å²) in [5.74, 6) is -1.58. The Bertz CT molecular complexity index is 2990. The number of hydrogen-bond donors (Lipinski definition) is 5. The van der Waals surface area contributed by atoms with E-state index >= 15 is 0 Å². The molecule has 0 saturated heterocycles. The number of Topliss-reactive ketones (excluding diaryl/α,β-unsaturated/α-hetero) is 1. The molecule has 6 atom stereocenters. The van der Waals surface area contributed by atoms with Crippen molar-refractivity contribution in [3.63, 3.8) is 0 Å². The number of ketones is 1. The van der Waals surface area contributed by atoms with E-state index in [-0.39, 0.29) is 70.9 Å². The molecule has 0 saturated carbocycles. The number of carbonyl (C=O) groups excluding carboxylic acids is 2. The molecule has 0 aliphatic carbocycles. The summed E-state index contributed by atoms with van der Waals surface area (Å²) in [5.41, 5.74) is 10.3. The fourth-order valence-electron chi connectivity index (χ4n) is 10.6. The first kappa shape index (κ1) is 70.8. The summed E-state index contributed by atoms with van der Waals surface area (Å²) in [6.45, 7) is 9.26. The number of amides is 1. The third-order valence-electron chi connectivity index (χ3n) is 15.2. The molecule has 0 radical (unpaired) electrons. The minimum absolute atomic E-state index is 0.0255. The van der Waals surface area contributed by atoms with E-state index in [2.05, 4.69) is 74.1 Å². The number of aliphatic hydroxyl groups is 4. The van der Waals surface area contributed by atoms with Crippen molar-refractivity contribution in [3.8, 4) is 22.5 Å². The molecule has 0 bridgehead atoms. The van der Waals surface area contributed by atoms with Crippen LogP contribution in [-0.2, 0) is 73.7 Å². The Morgan fingerprint density at radius 1 is 0.533 bits per heavy atom. The van der Waals surface area contributed by atoms with Crippen LogP contribution in [0.5, 0.6) is 0 Å². The summed E-state index contributed by atoms with van der Waals surface area (Å²) in [6, 6.07) is 24.3. The lowest BCUT2D eigenvalue weighted by molar-refractivity contribution is -0.154. The van der Waals surface area contributed by atoms with E-state index < -0.39 is 36.1 Å². The first-order chi connectivity index (χ1) is 43.6. The standard InChI is InChI=1S/C63H81Cl4N9O14/c1-73-36-50(48-32-46(64)34-54(66)52(48)38-73)42-6-3-8-44(30-42)56-40-75(71-69-56)12-16-85-20-24-89-28-26-87-22-18-83-14-5-10-58(77)59(78)60(79)61(80)62(81)63(82)68-11-15-84-19-23-88-27-29-90-25-21-86-17-13-76-41-57(70-72-76)45-9-4-7-43(31-45)51-37-74(2)39-53-49(51)33-47(65)35-55(53)67/h3-4,6-9,30-35,40-41,50-51,59-62,78-81H,5,10-29,36-39H2,1-2H3,(H,68,82)/t50-,51-,59+,60-,61-,62+/m0/s1. The molecule has 4 aromatic carbocycles. The van der Waals surface area contributed by atoms with Gasteiger partial charge in [-0.3, -0.25) is 9.59 Å². The van der Waals surface area contributed by atoms with Crippen LogP contribution < -0.4 is 5.32 Å². The number of carbonyl (C=O) groups is 2. The number of fused-ring (bicyclic) bond motifs is 2. The highest BCUT2D eigenvalue weighted by molar-refractivity contribution is 6.35. The summed E-state index contributed by atoms with van der Waals surface area (Å²) < 4.78 is 48.1. The van der Waals surface area contributed by atoms with Gasteiger partial charge in [-0.15, -0.1) is 10.2 Å². The molecule has 0 fully saturated rings. The highest BCUT2D eigenvalue weighted by atomic mass is 35.5. The molecular formula is C63H81Cl4N9O14. The first-order valence-electron chi connectivity index (χ1n) is 30.1. The molecule has 0 unspecified atom stereocenters. The second-order valence-electron chi connectivity index (χ2n) is 22.0. The van der Waals surface area contributed by atoms with Crippen LogP contribution >= 0.6 is 46.4 Å². The molecule has 4 heterocycles. The first-order valence-corrected chi connectivity index (χ1v) is 31.6. The molecule has 0 spiro atoms. The maximum Gasteiger partial charge on any atom is 0.251 e. The van der Waals surface area contributed by atoms with Gasteiger partial charge in [-0.2, -0.15) is 0 Å². The Morgan fingerprint density at radius 3 is 1.38 bits per heavy atom. The molecule has 6 aromatic rings. The van der Waals surface area contributed by atoms with Gasteiger partial charge in [0.25, 0.3) is 5.91 Å². The van der Waals surface area contributed by atoms with Crippen molar-refractivity contribution < 1.29 is 67.9 Å². The van der Waals surface area contributed by atoms with Crippen LogP contribution in [-0.4, -0.2) is 236 Å². The van der Waals surface area contributed by atoms with Gasteiger partial charge in [-0.25, -0.2) is 9.36 Å². The van der Waals surface area contributed by atoms with E-state index in [9.17, 15) is 30.0 Å². The molecule has 1 amide bonds. The molecule has 490 valence electrons. The van der Waals surface area contributed by atoms with E-state index in [1.165, 1.54) is 0 Å². The van der Waals surface area contributed by atoms with Gasteiger partial charge >= 0.3 is 0 Å². The molecule has 2 aliphatic rings. The van der Waals surface area contributed by atoms with Gasteiger partial charge in [-0.1, -0.05) is 93.2 Å². The Kier molecular flexibility index (Phi) is 29.1. The number of nitrogens with zero attached hydrogens (tertiary/aromatic N) is 8. The Balaban J connectivity index is 0.563. The maximum atomic E-state index is 12.5. The SMILES string of the molecule is CN1Cc2c(Cl)cc(Cl)cc2[C@H](c2cccc(-c3cn(CCOCCOCCOCCOCCCC(=O)[C@@H](O)[C@H](O)[C@H](O)[C@@H](O)C(=O)NCCOCCOCCOCCOCCn4cc(-c5cccc([C@@H]6CN(C)Cc7c(Cl)cc(Cl)cc76)c5)nn4)nn3)c2)C1. The van der Waals surface area contributed by atoms with E-state index in [0.29, 0.717) is 99.2 Å². The van der Waals surface area contributed by atoms with Crippen LogP contribution in [0, 0.1) is 0 Å². The minimum atomic E-state index is -2.13. The minimum Gasteiger partial charge on any atom is -0.387 e. The molecule has 90 heavy (non-hydrogen) atoms. The van der Waals surface area contributed by atoms with Crippen molar-refractivity contribution in [1.82, 2.24) is 45.1 Å². The molecule has 8 rings (SSSR count). The molecule has 5 N–H and O–H groups in total. The highest BCUT2D eigenvalue weighted by Crippen LogP contribution is 2.41. The van der Waals surface area contributed by atoms with E-state index in [4.69, 9.17) is 84.3 Å². The second-order valence-corrected chi connectivity index (χ2v) is 23.7. The zero-order valence-corrected chi connectivity index (χ0v) is 53.7. The number of aliphatic hydroxyl groups excluding tert-OH is 4. The number of rotatable bonds is 40. The Labute approximate surface area is 544 Å². The van der Waals surface area contributed by atoms with Crippen LogP contribution in [0.1, 0.15) is 58.1 Å². The van der Waals surface area contributed by atoms with Crippen LogP contribution in [0.3, 0.4) is 0 Å². The Morgan fingerprint density at radius 2 is 0.933 bits per heavy atom. The monoisotopic (exact) mass is 1330 g/mol. The number of likely N-dealkylation sites (N-methyl/N-ethyl adjacent to an activating group) is 2. The summed E-state index contributed by atoms with van der Waals surface area (Å²) >= 11 is 26.0. The summed E-state index contributed by atoms with van der Waals surface area (Å²) in [7, 11) is 4.18. The molecule has 2 aliphatic heterocycles. The zero-order chi connectivity index (χ0) is 63.8. The van der Waals surface area contributed by atoms with Gasteiger partial charge in [0.2, 0.25) is 0 Å². The Hall–Kier alpha value is -5.10. The molecule has 27 heteroatoms. The number of ether oxygens (including phenoxy) is 8. The number of halogens is 4. The largest absolute Gasteiger partial charge is 0.387 e. The third kappa shape index (κ3) is 21.5. The second kappa shape index (κ2) is 37.0. The van der Waals surface area contributed by atoms with Gasteiger partial charge in [0.1, 0.15) is 29.7 Å². The van der Waals surface area contributed by atoms with Crippen molar-refractivity contribution in [2.45, 2.75) is 75.3 Å². The van der Waals surface area contributed by atoms with Crippen LogP contribution in [0.25, 0.3) is 22.5 Å². The number of aromatic nitrogens is 6. The average Bonchev–Trinajstić information content (AvgIpc) is 0.879. The maximum absolute atomic E-state index is 12.5. The van der Waals surface area contributed by atoms with Crippen molar-refractivity contribution >= 4 is 58.1 Å². The highest BCUT2D eigenvalue weighted by Gasteiger charge is 2.37. The quantitative estimate of drug-likeness (QED) is 0.0288. The van der Waals surface area contributed by atoms with Crippen molar-refractivity contribution in [2.24, 2.45) is 0 Å². The predicted octanol–water partition coefficient (Wildman–Crippen LogP) is 5.71. The normalized spacial score (nSPS) is 16.6. The molecule has 2 aromatic heterocycles. The summed E-state index contributed by atoms with van der Waals surface area (Å²) in [6.07, 6.45) is -4.56. The van der Waals surface area contributed by atoms with Gasteiger partial charge in [-0.05, 0) is 90.3 Å². The molecular weight excluding hydrogens is 1250 g/mol. The van der Waals surface area contributed by atoms with E-state index in [1.807, 2.05) is 48.8 Å². The van der Waals surface area contributed by atoms with Gasteiger partial charge < -0.3 is 73.4 Å². The third-order valence-corrected chi connectivity index (χ3v) is 16.4. The van der Waals surface area contributed by atoms with Crippen LogP contribution in [0.4, 0.5) is 0 Å². The topological polar surface area (TPSA) is 269 Å². The van der Waals surface area contributed by atoms with Crippen LogP contribution in [0.2, 0.25) is 20.1 Å². The van der Waals surface area contributed by atoms with Gasteiger partial charge in [0.15, 0.2) is 11.9 Å². The number of nitrogens with one attached hydrogen (secondary N) is 1. The van der Waals surface area contributed by atoms with Gasteiger partial charge in [0, 0.05) is 88.8 Å². The van der Waals surface area contributed by atoms with Crippen molar-refractivity contribution in [2.75, 3.05) is 139 Å². The fourth-order valence-corrected chi connectivity index (χ4v) is 11.7. The predicted molar refractivity (Wildman–Crippen MR) is 338 cm³/mol. The van der Waals surface area contributed by atoms with Gasteiger partial charge in [0.05, 0.1) is 125 Å². The van der Waals surface area contributed by atoms with E-state index in [1.54, 1.807) is 21.5 Å². The van der Waals surface area contributed by atoms with Crippen LogP contribution in [0.15, 0.2) is 85.2 Å². The average molecular weight is 1330 g/mol. The molecule has 23 nitrogen and oxygen atoms in total. The summed E-state index contributed by atoms with van der Waals surface area (Å²) in [5, 5.41) is 63.7. The van der Waals surface area contributed by atoms with Crippen molar-refractivity contribution in [3.05, 3.63) is 139 Å². The number of benzene rings is 4. The smallest absolute Gasteiger partial charge is 0.251 e. The summed E-state index contributed by atoms with van der Waals surface area (Å²) in [4.78, 5) is 29.5. The zero-order valence-electron chi connectivity index (χ0n) is 50.7. The lowest BCUT2D eigenvalue weighted by Gasteiger charge is -2.33. The van der Waals surface area contributed by atoms with E-state index in [0.717, 1.165) is 82.1 Å². The lowest BCUT2D eigenvalue weighted by Crippen LogP contribution is -2.52. The number of hydrogen-bond acceptors (Lipinski definition) is 20. The lowest BCUT2D eigenvalue weighted by atomic mass is 9.84. The fraction of sp³-hybridized carbons (Fsp3) is 0.524. The van der Waals surface area contributed by atoms with Crippen molar-refractivity contribution in [1.29, 1.82) is 0 Å².